The number of nitrogens with one attached hydrogen (secondary N) is 2. The van der Waals surface area contributed by atoms with E-state index in [2.05, 4.69) is 25.9 Å². The molecule has 0 unspecified atom stereocenters. The molecule has 0 spiro atoms. The summed E-state index contributed by atoms with van der Waals surface area (Å²) >= 11 is 0. The van der Waals surface area contributed by atoms with Gasteiger partial charge in [0.1, 0.15) is 0 Å². The highest BCUT2D eigenvalue weighted by Crippen LogP contribution is 2.16. The van der Waals surface area contributed by atoms with E-state index in [1.165, 1.54) is 0 Å². The highest BCUT2D eigenvalue weighted by atomic mass is 16.5. The van der Waals surface area contributed by atoms with E-state index < -0.39 is 11.9 Å². The van der Waals surface area contributed by atoms with Crippen molar-refractivity contribution in [2.45, 2.75) is 6.92 Å². The number of aromatic amines is 1. The van der Waals surface area contributed by atoms with Crippen molar-refractivity contribution in [1.82, 2.24) is 20.6 Å². The van der Waals surface area contributed by atoms with Gasteiger partial charge in [0.25, 0.3) is 11.7 Å². The first-order chi connectivity index (χ1) is 9.22. The summed E-state index contributed by atoms with van der Waals surface area (Å²) in [5.74, 6) is -1.18. The molecular weight excluding hydrogens is 250 g/mol. The van der Waals surface area contributed by atoms with Crippen LogP contribution in [0.1, 0.15) is 27.9 Å². The lowest BCUT2D eigenvalue weighted by molar-refractivity contribution is 0.0527. The maximum atomic E-state index is 11.8. The zero-order valence-electron chi connectivity index (χ0n) is 10.1. The van der Waals surface area contributed by atoms with Gasteiger partial charge in [-0.15, -0.1) is 10.2 Å². The lowest BCUT2D eigenvalue weighted by atomic mass is 10.2. The Morgan fingerprint density at radius 1 is 1.37 bits per heavy atom. The summed E-state index contributed by atoms with van der Waals surface area (Å²) in [4.78, 5) is 23.5. The normalized spacial score (nSPS) is 9.95. The van der Waals surface area contributed by atoms with Gasteiger partial charge in [-0.1, -0.05) is 12.1 Å². The van der Waals surface area contributed by atoms with Gasteiger partial charge in [0.05, 0.1) is 17.9 Å². The Balaban J connectivity index is 2.21. The molecule has 0 aliphatic rings. The topological polar surface area (TPSA) is 110 Å². The predicted octanol–water partition coefficient (Wildman–Crippen LogP) is 0.629. The number of ether oxygens (including phenoxy) is 1. The zero-order chi connectivity index (χ0) is 13.7. The number of hydrogen-bond acceptors (Lipinski definition) is 6. The second kappa shape index (κ2) is 5.71. The number of aromatic nitrogens is 4. The lowest BCUT2D eigenvalue weighted by Crippen LogP contribution is -2.17. The molecule has 0 fully saturated rings. The maximum absolute atomic E-state index is 11.8. The molecule has 2 N–H and O–H groups in total. The monoisotopic (exact) mass is 261 g/mol. The minimum Gasteiger partial charge on any atom is -0.462 e. The number of nitrogens with zero attached hydrogens (tertiary/aromatic N) is 3. The van der Waals surface area contributed by atoms with E-state index in [-0.39, 0.29) is 18.0 Å². The van der Waals surface area contributed by atoms with Crippen molar-refractivity contribution in [3.05, 3.63) is 35.7 Å². The second-order valence-electron chi connectivity index (χ2n) is 3.46. The van der Waals surface area contributed by atoms with Crippen LogP contribution in [0.5, 0.6) is 0 Å². The fourth-order valence-electron chi connectivity index (χ4n) is 1.42. The third-order valence-electron chi connectivity index (χ3n) is 2.22. The molecular formula is C11H11N5O3. The van der Waals surface area contributed by atoms with Crippen molar-refractivity contribution in [3.8, 4) is 0 Å². The molecule has 0 radical (unpaired) electrons. The highest BCUT2D eigenvalue weighted by molar-refractivity contribution is 6.06. The number of tetrazole rings is 1. The first-order valence-electron chi connectivity index (χ1n) is 5.53. The van der Waals surface area contributed by atoms with Crippen LogP contribution in [0.2, 0.25) is 0 Å². The van der Waals surface area contributed by atoms with E-state index >= 15 is 0 Å². The number of esters is 1. The number of amides is 1. The van der Waals surface area contributed by atoms with Crippen LogP contribution < -0.4 is 5.32 Å². The van der Waals surface area contributed by atoms with Gasteiger partial charge in [-0.2, -0.15) is 5.21 Å². The van der Waals surface area contributed by atoms with Crippen LogP contribution in [0, 0.1) is 0 Å². The van der Waals surface area contributed by atoms with E-state index in [9.17, 15) is 9.59 Å². The second-order valence-corrected chi connectivity index (χ2v) is 3.46. The van der Waals surface area contributed by atoms with E-state index in [1.807, 2.05) is 0 Å². The summed E-state index contributed by atoms with van der Waals surface area (Å²) in [5, 5.41) is 15.1. The standard InChI is InChI=1S/C11H11N5O3/c1-2-19-11(18)7-5-3-4-6-8(7)12-10(17)9-13-15-16-14-9/h3-6H,2H2,1H3,(H,12,17)(H,13,14,15,16). The van der Waals surface area contributed by atoms with E-state index in [0.717, 1.165) is 0 Å². The molecule has 0 saturated heterocycles. The van der Waals surface area contributed by atoms with Gasteiger partial charge >= 0.3 is 5.97 Å². The first-order valence-corrected chi connectivity index (χ1v) is 5.53. The number of carbonyl (C=O) groups excluding carboxylic acids is 2. The van der Waals surface area contributed by atoms with Crippen molar-refractivity contribution in [2.75, 3.05) is 11.9 Å². The average molecular weight is 261 g/mol. The quantitative estimate of drug-likeness (QED) is 0.781. The fraction of sp³-hybridized carbons (Fsp3) is 0.182. The number of carbonyl (C=O) groups is 2. The van der Waals surface area contributed by atoms with Gasteiger partial charge in [0.15, 0.2) is 0 Å². The molecule has 98 valence electrons. The molecule has 2 rings (SSSR count). The molecule has 8 heteroatoms. The number of anilines is 1. The molecule has 1 aromatic carbocycles. The maximum Gasteiger partial charge on any atom is 0.340 e. The van der Waals surface area contributed by atoms with Crippen LogP contribution >= 0.6 is 0 Å². The Kier molecular flexibility index (Phi) is 3.81. The lowest BCUT2D eigenvalue weighted by Gasteiger charge is -2.08. The van der Waals surface area contributed by atoms with Gasteiger partial charge < -0.3 is 10.1 Å². The Bertz CT molecular complexity index is 582. The zero-order valence-corrected chi connectivity index (χ0v) is 10.1. The number of benzene rings is 1. The fourth-order valence-corrected chi connectivity index (χ4v) is 1.42. The van der Waals surface area contributed by atoms with Crippen molar-refractivity contribution >= 4 is 17.6 Å². The van der Waals surface area contributed by atoms with E-state index in [1.54, 1.807) is 31.2 Å². The summed E-state index contributed by atoms with van der Waals surface area (Å²) in [5.41, 5.74) is 0.594. The summed E-state index contributed by atoms with van der Waals surface area (Å²) in [6, 6.07) is 6.51. The van der Waals surface area contributed by atoms with Gasteiger partial charge in [-0.05, 0) is 24.3 Å². The van der Waals surface area contributed by atoms with Gasteiger partial charge in [0, 0.05) is 0 Å². The van der Waals surface area contributed by atoms with Gasteiger partial charge in [-0.25, -0.2) is 4.79 Å². The van der Waals surface area contributed by atoms with Crippen molar-refractivity contribution in [1.29, 1.82) is 0 Å². The minimum absolute atomic E-state index is 0.112. The van der Waals surface area contributed by atoms with Gasteiger partial charge in [0.2, 0.25) is 0 Å². The Labute approximate surface area is 108 Å². The van der Waals surface area contributed by atoms with Crippen molar-refractivity contribution < 1.29 is 14.3 Å². The molecule has 2 aromatic rings. The number of para-hydroxylation sites is 1. The van der Waals surface area contributed by atoms with Crippen LogP contribution in [-0.4, -0.2) is 39.1 Å². The molecule has 0 aliphatic carbocycles. The smallest absolute Gasteiger partial charge is 0.340 e. The van der Waals surface area contributed by atoms with Crippen LogP contribution in [0.15, 0.2) is 24.3 Å². The minimum atomic E-state index is -0.564. The average Bonchev–Trinajstić information content (AvgIpc) is 2.93. The number of H-pyrrole nitrogens is 1. The number of rotatable bonds is 4. The van der Waals surface area contributed by atoms with Crippen molar-refractivity contribution in [2.24, 2.45) is 0 Å². The molecule has 1 heterocycles. The van der Waals surface area contributed by atoms with Crippen LogP contribution in [0.4, 0.5) is 5.69 Å². The van der Waals surface area contributed by atoms with Crippen LogP contribution in [0.25, 0.3) is 0 Å². The molecule has 0 atom stereocenters. The summed E-state index contributed by atoms with van der Waals surface area (Å²) in [7, 11) is 0. The van der Waals surface area contributed by atoms with Crippen LogP contribution in [0.3, 0.4) is 0 Å². The van der Waals surface area contributed by atoms with Crippen molar-refractivity contribution in [3.63, 3.8) is 0 Å². The molecule has 0 bridgehead atoms. The number of hydrogen-bond donors (Lipinski definition) is 2. The Morgan fingerprint density at radius 3 is 2.84 bits per heavy atom. The molecule has 1 amide bonds. The molecule has 0 saturated carbocycles. The first kappa shape index (κ1) is 12.7. The molecule has 1 aromatic heterocycles. The Hall–Kier alpha value is -2.77. The van der Waals surface area contributed by atoms with Gasteiger partial charge in [-0.3, -0.25) is 4.79 Å². The third-order valence-corrected chi connectivity index (χ3v) is 2.22. The molecule has 0 aliphatic heterocycles. The summed E-state index contributed by atoms with van der Waals surface area (Å²) in [6.45, 7) is 1.96. The SMILES string of the molecule is CCOC(=O)c1ccccc1NC(=O)c1nn[nH]n1. The van der Waals surface area contributed by atoms with E-state index in [4.69, 9.17) is 4.74 Å². The Morgan fingerprint density at radius 2 is 2.16 bits per heavy atom. The summed E-state index contributed by atoms with van der Waals surface area (Å²) in [6.07, 6.45) is 0. The van der Waals surface area contributed by atoms with E-state index in [0.29, 0.717) is 5.69 Å². The molecule has 19 heavy (non-hydrogen) atoms. The highest BCUT2D eigenvalue weighted by Gasteiger charge is 2.16. The van der Waals surface area contributed by atoms with Crippen LogP contribution in [-0.2, 0) is 4.74 Å². The largest absolute Gasteiger partial charge is 0.462 e. The molecule has 8 nitrogen and oxygen atoms in total. The predicted molar refractivity (Wildman–Crippen MR) is 64.5 cm³/mol. The summed E-state index contributed by atoms with van der Waals surface area (Å²) < 4.78 is 4.90. The third kappa shape index (κ3) is 2.92.